The summed E-state index contributed by atoms with van der Waals surface area (Å²) >= 11 is 0. The number of amides is 2. The van der Waals surface area contributed by atoms with E-state index in [1.807, 2.05) is 0 Å². The van der Waals surface area contributed by atoms with Gasteiger partial charge in [-0.3, -0.25) is 4.79 Å². The van der Waals surface area contributed by atoms with E-state index in [0.29, 0.717) is 0 Å². The number of anilines is 1. The second-order valence-corrected chi connectivity index (χ2v) is 5.02. The molecule has 0 fully saturated rings. The molecule has 5 nitrogen and oxygen atoms in total. The number of carboxylic acids is 1. The Labute approximate surface area is 110 Å². The summed E-state index contributed by atoms with van der Waals surface area (Å²) in [5.41, 5.74) is -0.124. The molecule has 0 bridgehead atoms. The Morgan fingerprint density at radius 2 is 2.00 bits per heavy atom. The van der Waals surface area contributed by atoms with Crippen LogP contribution in [0.3, 0.4) is 0 Å². The summed E-state index contributed by atoms with van der Waals surface area (Å²) in [7, 11) is 0. The van der Waals surface area contributed by atoms with Gasteiger partial charge in [0.05, 0.1) is 12.1 Å². The molecule has 0 atom stereocenters. The number of rotatable bonds is 4. The molecule has 0 radical (unpaired) electrons. The Kier molecular flexibility index (Phi) is 4.47. The lowest BCUT2D eigenvalue weighted by Gasteiger charge is -2.24. The van der Waals surface area contributed by atoms with E-state index in [2.05, 4.69) is 10.6 Å². The van der Waals surface area contributed by atoms with E-state index in [1.54, 1.807) is 26.8 Å². The number of nitrogens with one attached hydrogen (secondary N) is 2. The minimum Gasteiger partial charge on any atom is -0.481 e. The number of hydrogen-bond donors (Lipinski definition) is 3. The van der Waals surface area contributed by atoms with E-state index in [9.17, 15) is 14.0 Å². The van der Waals surface area contributed by atoms with Crippen LogP contribution < -0.4 is 10.6 Å². The molecular weight excluding hydrogens is 251 g/mol. The van der Waals surface area contributed by atoms with E-state index in [0.717, 1.165) is 5.56 Å². The maximum atomic E-state index is 13.5. The smallest absolute Gasteiger partial charge is 0.319 e. The molecule has 6 heteroatoms. The molecule has 0 heterocycles. The second kappa shape index (κ2) is 5.69. The zero-order valence-electron chi connectivity index (χ0n) is 11.1. The fraction of sp³-hybridized carbons (Fsp3) is 0.385. The molecule has 104 valence electrons. The molecule has 0 unspecified atom stereocenters. The number of carbonyl (C=O) groups is 2. The molecule has 0 aliphatic rings. The van der Waals surface area contributed by atoms with Gasteiger partial charge >= 0.3 is 12.0 Å². The molecule has 1 aromatic carbocycles. The third-order valence-corrected chi connectivity index (χ3v) is 2.42. The number of halogens is 1. The Bertz CT molecular complexity index is 501. The summed E-state index contributed by atoms with van der Waals surface area (Å²) in [5.74, 6) is -1.56. The first kappa shape index (κ1) is 14.9. The third kappa shape index (κ3) is 4.95. The van der Waals surface area contributed by atoms with E-state index in [-0.39, 0.29) is 12.1 Å². The maximum absolute atomic E-state index is 13.5. The van der Waals surface area contributed by atoms with E-state index < -0.39 is 23.4 Å². The van der Waals surface area contributed by atoms with E-state index >= 15 is 0 Å². The quantitative estimate of drug-likeness (QED) is 0.785. The van der Waals surface area contributed by atoms with Crippen LogP contribution in [0.15, 0.2) is 18.2 Å². The van der Waals surface area contributed by atoms with Crippen LogP contribution >= 0.6 is 0 Å². The molecule has 0 aromatic heterocycles. The van der Waals surface area contributed by atoms with Crippen LogP contribution in [-0.4, -0.2) is 22.6 Å². The molecule has 0 aliphatic heterocycles. The van der Waals surface area contributed by atoms with Gasteiger partial charge in [-0.05, 0) is 38.5 Å². The topological polar surface area (TPSA) is 78.4 Å². The predicted octanol–water partition coefficient (Wildman–Crippen LogP) is 2.51. The molecule has 2 amide bonds. The fourth-order valence-corrected chi connectivity index (χ4v) is 1.60. The number of aliphatic carboxylic acids is 1. The van der Waals surface area contributed by atoms with E-state index in [4.69, 9.17) is 5.11 Å². The Morgan fingerprint density at radius 3 is 2.53 bits per heavy atom. The number of aryl methyl sites for hydroxylation is 1. The van der Waals surface area contributed by atoms with Crippen molar-refractivity contribution < 1.29 is 19.1 Å². The largest absolute Gasteiger partial charge is 0.481 e. The van der Waals surface area contributed by atoms with Crippen LogP contribution in [0.25, 0.3) is 0 Å². The molecule has 0 aliphatic carbocycles. The number of carbonyl (C=O) groups excluding carboxylic acids is 1. The van der Waals surface area contributed by atoms with Crippen molar-refractivity contribution in [2.24, 2.45) is 0 Å². The standard InChI is InChI=1S/C13H17FN2O3/c1-8-4-5-10(9(14)6-8)15-12(19)16-13(2,3)7-11(17)18/h4-6H,7H2,1-3H3,(H,17,18)(H2,15,16,19). The van der Waals surface area contributed by atoms with Crippen LogP contribution in [0.5, 0.6) is 0 Å². The van der Waals surface area contributed by atoms with Crippen molar-refractivity contribution in [1.82, 2.24) is 5.32 Å². The Morgan fingerprint density at radius 1 is 1.37 bits per heavy atom. The minimum atomic E-state index is -1.02. The SMILES string of the molecule is Cc1ccc(NC(=O)NC(C)(C)CC(=O)O)c(F)c1. The highest BCUT2D eigenvalue weighted by Crippen LogP contribution is 2.16. The van der Waals surface area contributed by atoms with Gasteiger partial charge in [-0.2, -0.15) is 0 Å². The van der Waals surface area contributed by atoms with Crippen LogP contribution in [-0.2, 0) is 4.79 Å². The molecule has 0 saturated heterocycles. The second-order valence-electron chi connectivity index (χ2n) is 5.02. The molecule has 0 spiro atoms. The van der Waals surface area contributed by atoms with Gasteiger partial charge in [0, 0.05) is 5.54 Å². The zero-order chi connectivity index (χ0) is 14.6. The van der Waals surface area contributed by atoms with Crippen molar-refractivity contribution in [3.63, 3.8) is 0 Å². The predicted molar refractivity (Wildman–Crippen MR) is 69.6 cm³/mol. The van der Waals surface area contributed by atoms with Crippen molar-refractivity contribution in [3.05, 3.63) is 29.6 Å². The van der Waals surface area contributed by atoms with Gasteiger partial charge in [-0.15, -0.1) is 0 Å². The average Bonchev–Trinajstić information content (AvgIpc) is 2.19. The summed E-state index contributed by atoms with van der Waals surface area (Å²) in [6, 6.07) is 3.78. The molecule has 1 aromatic rings. The average molecular weight is 268 g/mol. The van der Waals surface area contributed by atoms with Crippen molar-refractivity contribution in [2.75, 3.05) is 5.32 Å². The first-order chi connectivity index (χ1) is 8.69. The molecule has 1 rings (SSSR count). The zero-order valence-corrected chi connectivity index (χ0v) is 11.1. The van der Waals surface area contributed by atoms with Crippen LogP contribution in [0, 0.1) is 12.7 Å². The lowest BCUT2D eigenvalue weighted by atomic mass is 10.0. The molecule has 19 heavy (non-hydrogen) atoms. The Balaban J connectivity index is 2.67. The summed E-state index contributed by atoms with van der Waals surface area (Å²) in [6.07, 6.45) is -0.225. The summed E-state index contributed by atoms with van der Waals surface area (Å²) < 4.78 is 13.5. The van der Waals surface area contributed by atoms with E-state index in [1.165, 1.54) is 12.1 Å². The number of carboxylic acid groups (broad SMARTS) is 1. The summed E-state index contributed by atoms with van der Waals surface area (Å²) in [4.78, 5) is 22.3. The van der Waals surface area contributed by atoms with Crippen molar-refractivity contribution in [2.45, 2.75) is 32.7 Å². The van der Waals surface area contributed by atoms with Crippen molar-refractivity contribution >= 4 is 17.7 Å². The summed E-state index contributed by atoms with van der Waals surface area (Å²) in [5, 5.41) is 13.5. The monoisotopic (exact) mass is 268 g/mol. The highest BCUT2D eigenvalue weighted by molar-refractivity contribution is 5.90. The highest BCUT2D eigenvalue weighted by Gasteiger charge is 2.24. The minimum absolute atomic E-state index is 0.0502. The summed E-state index contributed by atoms with van der Waals surface area (Å²) in [6.45, 7) is 4.89. The van der Waals surface area contributed by atoms with Gasteiger partial charge in [-0.25, -0.2) is 9.18 Å². The lowest BCUT2D eigenvalue weighted by Crippen LogP contribution is -2.46. The fourth-order valence-electron chi connectivity index (χ4n) is 1.60. The van der Waals surface area contributed by atoms with Gasteiger partial charge in [0.15, 0.2) is 0 Å². The third-order valence-electron chi connectivity index (χ3n) is 2.42. The van der Waals surface area contributed by atoms with Crippen LogP contribution in [0.4, 0.5) is 14.9 Å². The van der Waals surface area contributed by atoms with Crippen molar-refractivity contribution in [3.8, 4) is 0 Å². The first-order valence-electron chi connectivity index (χ1n) is 5.77. The van der Waals surface area contributed by atoms with Gasteiger partial charge < -0.3 is 15.7 Å². The molecule has 0 saturated carbocycles. The lowest BCUT2D eigenvalue weighted by molar-refractivity contribution is -0.138. The van der Waals surface area contributed by atoms with Gasteiger partial charge in [0.2, 0.25) is 0 Å². The van der Waals surface area contributed by atoms with Crippen molar-refractivity contribution in [1.29, 1.82) is 0 Å². The van der Waals surface area contributed by atoms with Gasteiger partial charge in [0.1, 0.15) is 5.82 Å². The van der Waals surface area contributed by atoms with Gasteiger partial charge in [0.25, 0.3) is 0 Å². The first-order valence-corrected chi connectivity index (χ1v) is 5.77. The maximum Gasteiger partial charge on any atom is 0.319 e. The highest BCUT2D eigenvalue weighted by atomic mass is 19.1. The number of benzene rings is 1. The normalized spacial score (nSPS) is 10.9. The number of hydrogen-bond acceptors (Lipinski definition) is 2. The van der Waals surface area contributed by atoms with Gasteiger partial charge in [-0.1, -0.05) is 6.07 Å². The number of urea groups is 1. The molecular formula is C13H17FN2O3. The van der Waals surface area contributed by atoms with Crippen LogP contribution in [0.1, 0.15) is 25.8 Å². The molecule has 3 N–H and O–H groups in total. The van der Waals surface area contributed by atoms with Crippen LogP contribution in [0.2, 0.25) is 0 Å². The Hall–Kier alpha value is -2.11.